The van der Waals surface area contributed by atoms with E-state index in [0.717, 1.165) is 6.07 Å². The van der Waals surface area contributed by atoms with Crippen LogP contribution in [0.1, 0.15) is 16.7 Å². The number of benzene rings is 2. The van der Waals surface area contributed by atoms with Gasteiger partial charge in [-0.1, -0.05) is 0 Å². The van der Waals surface area contributed by atoms with Crippen molar-refractivity contribution < 1.29 is 44.6 Å². The molecule has 0 saturated carbocycles. The molecule has 0 radical (unpaired) electrons. The van der Waals surface area contributed by atoms with Crippen LogP contribution in [-0.4, -0.2) is 5.11 Å². The molecule has 0 bridgehead atoms. The highest BCUT2D eigenvalue weighted by Crippen LogP contribution is 2.51. The molecule has 0 aliphatic rings. The van der Waals surface area contributed by atoms with Crippen LogP contribution in [0.2, 0.25) is 0 Å². The van der Waals surface area contributed by atoms with Gasteiger partial charge in [0.15, 0.2) is 0 Å². The maximum Gasteiger partial charge on any atom is 0.421 e. The van der Waals surface area contributed by atoms with E-state index in [1.165, 1.54) is 0 Å². The molecule has 26 heavy (non-hydrogen) atoms. The van der Waals surface area contributed by atoms with E-state index in [4.69, 9.17) is 0 Å². The molecule has 0 spiro atoms. The highest BCUT2D eigenvalue weighted by Gasteiger charge is 2.44. The Morgan fingerprint density at radius 1 is 0.731 bits per heavy atom. The fraction of sp³-hybridized carbons (Fsp3) is 0.200. The minimum atomic E-state index is -5.34. The average molecular weight is 404 g/mol. The first-order valence-electron chi connectivity index (χ1n) is 6.65. The van der Waals surface area contributed by atoms with Crippen molar-refractivity contribution in [2.45, 2.75) is 18.5 Å². The molecule has 0 fully saturated rings. The van der Waals surface area contributed by atoms with Gasteiger partial charge in [-0.15, -0.1) is 11.3 Å². The monoisotopic (exact) mass is 404 g/mol. The van der Waals surface area contributed by atoms with Gasteiger partial charge in [0.05, 0.1) is 15.8 Å². The maximum absolute atomic E-state index is 13.2. The molecule has 1 aromatic heterocycles. The molecule has 1 nitrogen and oxygen atoms in total. The molecule has 11 heteroatoms. The van der Waals surface area contributed by atoms with Crippen LogP contribution < -0.4 is 0 Å². The molecule has 1 heterocycles. The van der Waals surface area contributed by atoms with E-state index in [9.17, 15) is 44.6 Å². The van der Waals surface area contributed by atoms with Crippen LogP contribution in [0.25, 0.3) is 20.2 Å². The Morgan fingerprint density at radius 3 is 1.85 bits per heavy atom. The highest BCUT2D eigenvalue weighted by molar-refractivity contribution is 7.26. The first-order valence-corrected chi connectivity index (χ1v) is 7.46. The molecular weight excluding hydrogens is 399 g/mol. The summed E-state index contributed by atoms with van der Waals surface area (Å²) in [6, 6.07) is 2.23. The zero-order chi connectivity index (χ0) is 19.7. The van der Waals surface area contributed by atoms with Crippen molar-refractivity contribution >= 4 is 31.5 Å². The van der Waals surface area contributed by atoms with Gasteiger partial charge in [-0.3, -0.25) is 0 Å². The first kappa shape index (κ1) is 18.6. The number of phenols is 1. The molecule has 3 rings (SSSR count). The van der Waals surface area contributed by atoms with Crippen LogP contribution in [0.15, 0.2) is 24.3 Å². The zero-order valence-electron chi connectivity index (χ0n) is 12.1. The Bertz CT molecular complexity index is 1010. The van der Waals surface area contributed by atoms with E-state index in [2.05, 4.69) is 0 Å². The third-order valence-electron chi connectivity index (χ3n) is 3.65. The van der Waals surface area contributed by atoms with Crippen LogP contribution in [0.3, 0.4) is 0 Å². The van der Waals surface area contributed by atoms with Gasteiger partial charge in [-0.25, -0.2) is 0 Å². The molecule has 3 aromatic rings. The smallest absolute Gasteiger partial charge is 0.421 e. The zero-order valence-corrected chi connectivity index (χ0v) is 12.9. The number of fused-ring (bicyclic) bond motifs is 3. The number of rotatable bonds is 0. The quantitative estimate of drug-likeness (QED) is 0.408. The SMILES string of the molecule is Oc1c(C(F)(F)F)cc2c(sc3ccc(C(F)(F)F)cc32)c1C(F)(F)F. The van der Waals surface area contributed by atoms with Gasteiger partial charge in [-0.2, -0.15) is 39.5 Å². The molecule has 1 N–H and O–H groups in total. The fourth-order valence-corrected chi connectivity index (χ4v) is 3.78. The fourth-order valence-electron chi connectivity index (χ4n) is 2.56. The molecule has 0 atom stereocenters. The van der Waals surface area contributed by atoms with Gasteiger partial charge in [0.2, 0.25) is 0 Å². The van der Waals surface area contributed by atoms with Crippen LogP contribution in [0, 0.1) is 0 Å². The molecule has 0 aliphatic heterocycles. The average Bonchev–Trinajstić information content (AvgIpc) is 2.79. The number of hydrogen-bond donors (Lipinski definition) is 1. The molecule has 0 unspecified atom stereocenters. The predicted molar refractivity (Wildman–Crippen MR) is 76.0 cm³/mol. The summed E-state index contributed by atoms with van der Waals surface area (Å²) < 4.78 is 116. The van der Waals surface area contributed by atoms with Crippen molar-refractivity contribution in [1.82, 2.24) is 0 Å². The van der Waals surface area contributed by atoms with E-state index in [1.54, 1.807) is 0 Å². The Labute approximate surface area is 142 Å². The lowest BCUT2D eigenvalue weighted by Crippen LogP contribution is -2.11. The number of thiophene rings is 1. The summed E-state index contributed by atoms with van der Waals surface area (Å²) in [6.45, 7) is 0. The summed E-state index contributed by atoms with van der Waals surface area (Å²) in [5, 5.41) is 8.49. The second-order valence-corrected chi connectivity index (χ2v) is 6.38. The van der Waals surface area contributed by atoms with Crippen molar-refractivity contribution in [2.75, 3.05) is 0 Å². The second-order valence-electron chi connectivity index (χ2n) is 5.33. The van der Waals surface area contributed by atoms with Gasteiger partial charge in [-0.05, 0) is 24.3 Å². The van der Waals surface area contributed by atoms with E-state index >= 15 is 0 Å². The number of halogens is 9. The number of hydrogen-bond acceptors (Lipinski definition) is 2. The summed E-state index contributed by atoms with van der Waals surface area (Å²) in [5.41, 5.74) is -5.09. The minimum Gasteiger partial charge on any atom is -0.507 e. The van der Waals surface area contributed by atoms with Crippen molar-refractivity contribution in [2.24, 2.45) is 0 Å². The third-order valence-corrected chi connectivity index (χ3v) is 4.85. The van der Waals surface area contributed by atoms with Gasteiger partial charge in [0, 0.05) is 15.5 Å². The highest BCUT2D eigenvalue weighted by atomic mass is 32.1. The normalized spacial score (nSPS) is 13.7. The lowest BCUT2D eigenvalue weighted by Gasteiger charge is -2.15. The number of phenolic OH excluding ortho intramolecular Hbond substituents is 1. The van der Waals surface area contributed by atoms with Crippen LogP contribution in [-0.2, 0) is 18.5 Å². The predicted octanol–water partition coefficient (Wildman–Crippen LogP) is 6.82. The van der Waals surface area contributed by atoms with Gasteiger partial charge >= 0.3 is 18.5 Å². The molecule has 0 aliphatic carbocycles. The molecule has 140 valence electrons. The Morgan fingerprint density at radius 2 is 1.35 bits per heavy atom. The Kier molecular flexibility index (Phi) is 3.88. The van der Waals surface area contributed by atoms with Crippen LogP contribution in [0.5, 0.6) is 5.75 Å². The topological polar surface area (TPSA) is 20.2 Å². The number of aromatic hydroxyl groups is 1. The van der Waals surface area contributed by atoms with Crippen LogP contribution >= 0.6 is 11.3 Å². The molecule has 2 aromatic carbocycles. The van der Waals surface area contributed by atoms with Crippen molar-refractivity contribution in [3.63, 3.8) is 0 Å². The minimum absolute atomic E-state index is 0.0720. The van der Waals surface area contributed by atoms with E-state index in [-0.39, 0.29) is 10.8 Å². The molecular formula is C15H5F9OS. The van der Waals surface area contributed by atoms with E-state index < -0.39 is 56.4 Å². The summed E-state index contributed by atoms with van der Waals surface area (Å²) in [4.78, 5) is 0. The molecule has 0 amide bonds. The van der Waals surface area contributed by atoms with Gasteiger partial charge in [0.25, 0.3) is 0 Å². The Hall–Kier alpha value is -2.17. The lowest BCUT2D eigenvalue weighted by molar-refractivity contribution is -0.144. The lowest BCUT2D eigenvalue weighted by atomic mass is 10.0. The van der Waals surface area contributed by atoms with Crippen LogP contribution in [0.4, 0.5) is 39.5 Å². The van der Waals surface area contributed by atoms with Gasteiger partial charge in [0.1, 0.15) is 11.3 Å². The number of alkyl halides is 9. The summed E-state index contributed by atoms with van der Waals surface area (Å²) in [7, 11) is 0. The third kappa shape index (κ3) is 2.93. The molecule has 0 saturated heterocycles. The van der Waals surface area contributed by atoms with E-state index in [0.29, 0.717) is 23.5 Å². The van der Waals surface area contributed by atoms with E-state index in [1.807, 2.05) is 0 Å². The van der Waals surface area contributed by atoms with Crippen molar-refractivity contribution in [3.05, 3.63) is 41.0 Å². The van der Waals surface area contributed by atoms with Crippen molar-refractivity contribution in [3.8, 4) is 5.75 Å². The maximum atomic E-state index is 13.2. The second kappa shape index (κ2) is 5.41. The standard InChI is InChI=1S/C15H5F9OS/c16-13(17,18)5-1-2-9-6(3-5)7-4-8(14(19,20)21)11(25)10(12(7)26-9)15(22,23)24/h1-4,25H. The summed E-state index contributed by atoms with van der Waals surface area (Å²) in [6.07, 6.45) is -15.5. The summed E-state index contributed by atoms with van der Waals surface area (Å²) >= 11 is 0.353. The summed E-state index contributed by atoms with van der Waals surface area (Å²) in [5.74, 6) is -2.00. The van der Waals surface area contributed by atoms with Crippen molar-refractivity contribution in [1.29, 1.82) is 0 Å². The Balaban J connectivity index is 2.51. The largest absolute Gasteiger partial charge is 0.507 e. The first-order chi connectivity index (χ1) is 11.7. The van der Waals surface area contributed by atoms with Gasteiger partial charge < -0.3 is 5.11 Å².